The zero-order valence-corrected chi connectivity index (χ0v) is 17.5. The molecule has 0 atom stereocenters. The molecule has 3 nitrogen and oxygen atoms in total. The van der Waals surface area contributed by atoms with Crippen LogP contribution in [0.4, 0.5) is 0 Å². The number of fused-ring (bicyclic) bond motifs is 1. The molecule has 0 saturated carbocycles. The van der Waals surface area contributed by atoms with Crippen LogP contribution < -0.4 is 0 Å². The fourth-order valence-electron chi connectivity index (χ4n) is 2.90. The summed E-state index contributed by atoms with van der Waals surface area (Å²) in [7, 11) is 0. The first kappa shape index (κ1) is 18.2. The molecule has 0 saturated heterocycles. The lowest BCUT2D eigenvalue weighted by Gasteiger charge is -2.03. The number of halogens is 2. The van der Waals surface area contributed by atoms with Crippen LogP contribution in [0.2, 0.25) is 10.2 Å². The van der Waals surface area contributed by atoms with Crippen LogP contribution >= 0.6 is 34.5 Å². The zero-order chi connectivity index (χ0) is 19.1. The van der Waals surface area contributed by atoms with Gasteiger partial charge in [-0.15, -0.1) is 11.3 Å². The fourth-order valence-corrected chi connectivity index (χ4v) is 4.37. The number of rotatable bonds is 3. The summed E-state index contributed by atoms with van der Waals surface area (Å²) in [5, 5.41) is 6.70. The van der Waals surface area contributed by atoms with Crippen LogP contribution in [0.5, 0.6) is 0 Å². The lowest BCUT2D eigenvalue weighted by atomic mass is 10.1. The highest BCUT2D eigenvalue weighted by molar-refractivity contribution is 7.19. The zero-order valence-electron chi connectivity index (χ0n) is 15.1. The van der Waals surface area contributed by atoms with Gasteiger partial charge in [0.05, 0.1) is 21.6 Å². The van der Waals surface area contributed by atoms with E-state index in [4.69, 9.17) is 28.2 Å². The van der Waals surface area contributed by atoms with Crippen LogP contribution in [0.3, 0.4) is 0 Å². The highest BCUT2D eigenvalue weighted by Crippen LogP contribution is 2.29. The van der Waals surface area contributed by atoms with E-state index in [1.807, 2.05) is 43.3 Å². The van der Waals surface area contributed by atoms with Crippen molar-refractivity contribution in [2.24, 2.45) is 0 Å². The molecule has 0 radical (unpaired) electrons. The monoisotopic (exact) mass is 413 g/mol. The minimum absolute atomic E-state index is 0.554. The van der Waals surface area contributed by atoms with E-state index in [0.29, 0.717) is 10.2 Å². The van der Waals surface area contributed by atoms with Gasteiger partial charge in [-0.1, -0.05) is 29.3 Å². The molecule has 4 aromatic rings. The summed E-state index contributed by atoms with van der Waals surface area (Å²) < 4.78 is 2.89. The van der Waals surface area contributed by atoms with Crippen LogP contribution in [0.1, 0.15) is 27.4 Å². The molecule has 136 valence electrons. The van der Waals surface area contributed by atoms with Crippen molar-refractivity contribution in [2.75, 3.05) is 0 Å². The minimum atomic E-state index is 0.554. The highest BCUT2D eigenvalue weighted by Gasteiger charge is 2.13. The van der Waals surface area contributed by atoms with Crippen molar-refractivity contribution in [3.05, 3.63) is 74.0 Å². The molecule has 27 heavy (non-hydrogen) atoms. The van der Waals surface area contributed by atoms with Gasteiger partial charge in [-0.3, -0.25) is 0 Å². The van der Waals surface area contributed by atoms with E-state index in [9.17, 15) is 0 Å². The Kier molecular flexibility index (Phi) is 4.81. The predicted molar refractivity (Wildman–Crippen MR) is 116 cm³/mol. The standard InChI is InChI=1S/C21H17Cl2N3S/c1-12-9-18-19(10-13(12)2)27-20(24-18)8-7-17-14(3)25-26(21(17)23)16-6-4-5-15(22)11-16/h4-11H,1-3H3. The summed E-state index contributed by atoms with van der Waals surface area (Å²) in [5.74, 6) is 0. The maximum atomic E-state index is 6.59. The van der Waals surface area contributed by atoms with Gasteiger partial charge in [0.15, 0.2) is 0 Å². The maximum Gasteiger partial charge on any atom is 0.140 e. The molecule has 0 fully saturated rings. The fraction of sp³-hybridized carbons (Fsp3) is 0.143. The average molecular weight is 414 g/mol. The van der Waals surface area contributed by atoms with E-state index < -0.39 is 0 Å². The van der Waals surface area contributed by atoms with Gasteiger partial charge >= 0.3 is 0 Å². The topological polar surface area (TPSA) is 30.7 Å². The molecule has 0 spiro atoms. The molecule has 4 rings (SSSR count). The van der Waals surface area contributed by atoms with Crippen molar-refractivity contribution in [1.82, 2.24) is 14.8 Å². The van der Waals surface area contributed by atoms with Gasteiger partial charge in [0.25, 0.3) is 0 Å². The van der Waals surface area contributed by atoms with Gasteiger partial charge in [-0.05, 0) is 74.4 Å². The minimum Gasteiger partial charge on any atom is -0.237 e. The van der Waals surface area contributed by atoms with Crippen molar-refractivity contribution < 1.29 is 0 Å². The summed E-state index contributed by atoms with van der Waals surface area (Å²) >= 11 is 14.4. The Morgan fingerprint density at radius 2 is 1.78 bits per heavy atom. The molecule has 0 aliphatic rings. The second kappa shape index (κ2) is 7.12. The van der Waals surface area contributed by atoms with Crippen LogP contribution in [0.15, 0.2) is 36.4 Å². The SMILES string of the molecule is Cc1cc2nc(C=Cc3c(C)nn(-c4cccc(Cl)c4)c3Cl)sc2cc1C. The summed E-state index contributed by atoms with van der Waals surface area (Å²) in [6.45, 7) is 6.17. The Labute approximate surface area is 171 Å². The van der Waals surface area contributed by atoms with Crippen molar-refractivity contribution in [2.45, 2.75) is 20.8 Å². The van der Waals surface area contributed by atoms with E-state index in [-0.39, 0.29) is 0 Å². The van der Waals surface area contributed by atoms with E-state index in [1.54, 1.807) is 16.0 Å². The van der Waals surface area contributed by atoms with Gasteiger partial charge in [0.1, 0.15) is 10.2 Å². The lowest BCUT2D eigenvalue weighted by Crippen LogP contribution is -1.96. The van der Waals surface area contributed by atoms with Crippen molar-refractivity contribution in [1.29, 1.82) is 0 Å². The van der Waals surface area contributed by atoms with E-state index in [2.05, 4.69) is 31.1 Å². The smallest absolute Gasteiger partial charge is 0.140 e. The highest BCUT2D eigenvalue weighted by atomic mass is 35.5. The van der Waals surface area contributed by atoms with Crippen LogP contribution in [0.25, 0.3) is 28.1 Å². The summed E-state index contributed by atoms with van der Waals surface area (Å²) in [5.41, 5.74) is 6.13. The van der Waals surface area contributed by atoms with E-state index in [1.165, 1.54) is 15.8 Å². The number of benzene rings is 2. The number of thiazole rings is 1. The number of aryl methyl sites for hydroxylation is 3. The van der Waals surface area contributed by atoms with Gasteiger partial charge in [0.2, 0.25) is 0 Å². The Balaban J connectivity index is 1.70. The Hall–Kier alpha value is -2.14. The number of nitrogens with zero attached hydrogens (tertiary/aromatic N) is 3. The summed E-state index contributed by atoms with van der Waals surface area (Å²) in [6.07, 6.45) is 3.97. The molecular formula is C21H17Cl2N3S. The normalized spacial score (nSPS) is 11.7. The van der Waals surface area contributed by atoms with Gasteiger partial charge in [-0.25, -0.2) is 9.67 Å². The third-order valence-corrected chi connectivity index (χ3v) is 6.10. The number of aromatic nitrogens is 3. The summed E-state index contributed by atoms with van der Waals surface area (Å²) in [4.78, 5) is 4.71. The Morgan fingerprint density at radius 1 is 1.00 bits per heavy atom. The first-order chi connectivity index (χ1) is 12.9. The second-order valence-electron chi connectivity index (χ2n) is 6.47. The molecule has 6 heteroatoms. The predicted octanol–water partition coefficient (Wildman–Crippen LogP) is 6.88. The van der Waals surface area contributed by atoms with Gasteiger partial charge in [-0.2, -0.15) is 5.10 Å². The quantitative estimate of drug-likeness (QED) is 0.366. The lowest BCUT2D eigenvalue weighted by molar-refractivity contribution is 0.863. The van der Waals surface area contributed by atoms with Crippen molar-refractivity contribution in [3.63, 3.8) is 0 Å². The Morgan fingerprint density at radius 3 is 2.56 bits per heavy atom. The molecule has 0 N–H and O–H groups in total. The van der Waals surface area contributed by atoms with Crippen molar-refractivity contribution in [3.8, 4) is 5.69 Å². The molecule has 0 aliphatic heterocycles. The molecular weight excluding hydrogens is 397 g/mol. The Bertz CT molecular complexity index is 1150. The maximum absolute atomic E-state index is 6.59. The number of hydrogen-bond donors (Lipinski definition) is 0. The van der Waals surface area contributed by atoms with E-state index in [0.717, 1.165) is 27.5 Å². The first-order valence-electron chi connectivity index (χ1n) is 8.49. The van der Waals surface area contributed by atoms with Crippen LogP contribution in [0, 0.1) is 20.8 Å². The number of hydrogen-bond acceptors (Lipinski definition) is 3. The van der Waals surface area contributed by atoms with Crippen molar-refractivity contribution >= 4 is 56.9 Å². The molecule has 0 unspecified atom stereocenters. The molecule has 2 aromatic carbocycles. The van der Waals surface area contributed by atoms with Crippen LogP contribution in [-0.4, -0.2) is 14.8 Å². The third-order valence-electron chi connectivity index (χ3n) is 4.51. The third kappa shape index (κ3) is 3.53. The molecule has 0 bridgehead atoms. The second-order valence-corrected chi connectivity index (χ2v) is 8.33. The average Bonchev–Trinajstić information content (AvgIpc) is 3.14. The molecule has 2 heterocycles. The molecule has 0 amide bonds. The summed E-state index contributed by atoms with van der Waals surface area (Å²) in [6, 6.07) is 11.8. The van der Waals surface area contributed by atoms with E-state index >= 15 is 0 Å². The van der Waals surface area contributed by atoms with Gasteiger partial charge < -0.3 is 0 Å². The largest absolute Gasteiger partial charge is 0.237 e. The van der Waals surface area contributed by atoms with Crippen LogP contribution in [-0.2, 0) is 0 Å². The van der Waals surface area contributed by atoms with Gasteiger partial charge in [0, 0.05) is 10.6 Å². The first-order valence-corrected chi connectivity index (χ1v) is 10.1. The molecule has 2 aromatic heterocycles. The molecule has 0 aliphatic carbocycles.